The molecule has 132 valence electrons. The van der Waals surface area contributed by atoms with Gasteiger partial charge in [-0.05, 0) is 43.4 Å². The molecule has 1 aromatic rings. The van der Waals surface area contributed by atoms with Gasteiger partial charge in [0, 0.05) is 25.0 Å². The predicted octanol–water partition coefficient (Wildman–Crippen LogP) is 2.91. The van der Waals surface area contributed by atoms with Gasteiger partial charge < -0.3 is 10.2 Å². The van der Waals surface area contributed by atoms with E-state index in [0.29, 0.717) is 18.7 Å². The van der Waals surface area contributed by atoms with Crippen molar-refractivity contribution in [2.24, 2.45) is 5.92 Å². The van der Waals surface area contributed by atoms with Gasteiger partial charge in [-0.15, -0.1) is 0 Å². The molecule has 0 atom stereocenters. The number of hydrogen-bond acceptors (Lipinski definition) is 2. The van der Waals surface area contributed by atoms with Gasteiger partial charge in [-0.3, -0.25) is 9.59 Å². The Balaban J connectivity index is 1.79. The minimum atomic E-state index is -0.317. The molecule has 1 aromatic carbocycles. The van der Waals surface area contributed by atoms with Gasteiger partial charge in [0.15, 0.2) is 0 Å². The fraction of sp³-hybridized carbons (Fsp3) is 0.579. The Bertz CT molecular complexity index is 564. The Labute approximate surface area is 143 Å². The highest BCUT2D eigenvalue weighted by Crippen LogP contribution is 2.15. The molecule has 0 bridgehead atoms. The zero-order chi connectivity index (χ0) is 17.5. The molecule has 4 nitrogen and oxygen atoms in total. The number of amides is 2. The summed E-state index contributed by atoms with van der Waals surface area (Å²) in [4.78, 5) is 26.3. The number of rotatable bonds is 6. The van der Waals surface area contributed by atoms with Crippen molar-refractivity contribution in [3.63, 3.8) is 0 Å². The van der Waals surface area contributed by atoms with Crippen LogP contribution in [-0.4, -0.2) is 35.8 Å². The summed E-state index contributed by atoms with van der Waals surface area (Å²) < 4.78 is 13.2. The molecule has 2 rings (SSSR count). The third-order valence-corrected chi connectivity index (χ3v) is 4.79. The van der Waals surface area contributed by atoms with Crippen LogP contribution in [0.2, 0.25) is 0 Å². The van der Waals surface area contributed by atoms with E-state index in [1.165, 1.54) is 12.1 Å². The van der Waals surface area contributed by atoms with Crippen molar-refractivity contribution in [2.75, 3.05) is 13.1 Å². The third-order valence-electron chi connectivity index (χ3n) is 4.79. The van der Waals surface area contributed by atoms with Crippen molar-refractivity contribution in [1.29, 1.82) is 0 Å². The Morgan fingerprint density at radius 1 is 1.25 bits per heavy atom. The summed E-state index contributed by atoms with van der Waals surface area (Å²) in [6.45, 7) is 5.34. The molecule has 1 heterocycles. The molecule has 2 amide bonds. The average Bonchev–Trinajstić information content (AvgIpc) is 2.56. The molecule has 0 aromatic heterocycles. The van der Waals surface area contributed by atoms with Crippen LogP contribution in [0.15, 0.2) is 24.3 Å². The molecule has 5 heteroatoms. The second-order valence-electron chi connectivity index (χ2n) is 6.48. The van der Waals surface area contributed by atoms with Crippen LogP contribution < -0.4 is 5.32 Å². The van der Waals surface area contributed by atoms with Gasteiger partial charge in [0.2, 0.25) is 11.8 Å². The van der Waals surface area contributed by atoms with E-state index in [1.807, 2.05) is 18.7 Å². The number of piperidine rings is 1. The fourth-order valence-electron chi connectivity index (χ4n) is 3.19. The molecule has 0 saturated carbocycles. The Morgan fingerprint density at radius 2 is 1.92 bits per heavy atom. The highest BCUT2D eigenvalue weighted by Gasteiger charge is 2.25. The van der Waals surface area contributed by atoms with Gasteiger partial charge in [-0.2, -0.15) is 0 Å². The molecule has 1 fully saturated rings. The maximum atomic E-state index is 13.2. The molecule has 0 unspecified atom stereocenters. The molecular weight excluding hydrogens is 307 g/mol. The maximum Gasteiger partial charge on any atom is 0.226 e. The van der Waals surface area contributed by atoms with Crippen molar-refractivity contribution < 1.29 is 14.0 Å². The number of halogens is 1. The standard InChI is InChI=1S/C19H27FN2O2/c1-3-15(4-2)19(24)21-17-8-10-22(11-9-17)18(23)13-14-6-5-7-16(20)12-14/h5-7,12,15,17H,3-4,8-11,13H2,1-2H3,(H,21,24). The summed E-state index contributed by atoms with van der Waals surface area (Å²) >= 11 is 0. The van der Waals surface area contributed by atoms with Crippen LogP contribution in [0.5, 0.6) is 0 Å². The first-order valence-electron chi connectivity index (χ1n) is 8.86. The molecule has 1 aliphatic rings. The number of likely N-dealkylation sites (tertiary alicyclic amines) is 1. The minimum absolute atomic E-state index is 0.0189. The van der Waals surface area contributed by atoms with E-state index in [1.54, 1.807) is 12.1 Å². The Kier molecular flexibility index (Phi) is 6.76. The zero-order valence-corrected chi connectivity index (χ0v) is 14.6. The summed E-state index contributed by atoms with van der Waals surface area (Å²) in [5, 5.41) is 3.11. The first-order chi connectivity index (χ1) is 11.5. The maximum absolute atomic E-state index is 13.2. The van der Waals surface area contributed by atoms with Crippen LogP contribution in [0.25, 0.3) is 0 Å². The van der Waals surface area contributed by atoms with Gasteiger partial charge in [0.25, 0.3) is 0 Å². The van der Waals surface area contributed by atoms with Crippen LogP contribution in [0.4, 0.5) is 4.39 Å². The first kappa shape index (κ1) is 18.4. The molecule has 1 saturated heterocycles. The number of nitrogens with one attached hydrogen (secondary N) is 1. The normalized spacial score (nSPS) is 15.6. The first-order valence-corrected chi connectivity index (χ1v) is 8.86. The van der Waals surface area contributed by atoms with E-state index in [2.05, 4.69) is 5.32 Å². The summed E-state index contributed by atoms with van der Waals surface area (Å²) in [6.07, 6.45) is 3.49. The molecule has 24 heavy (non-hydrogen) atoms. The molecule has 0 radical (unpaired) electrons. The smallest absolute Gasteiger partial charge is 0.226 e. The van der Waals surface area contributed by atoms with Gasteiger partial charge in [0.05, 0.1) is 6.42 Å². The largest absolute Gasteiger partial charge is 0.353 e. The molecule has 0 spiro atoms. The monoisotopic (exact) mass is 334 g/mol. The van der Waals surface area contributed by atoms with E-state index in [0.717, 1.165) is 25.7 Å². The van der Waals surface area contributed by atoms with Crippen molar-refractivity contribution in [2.45, 2.75) is 52.0 Å². The topological polar surface area (TPSA) is 49.4 Å². The lowest BCUT2D eigenvalue weighted by molar-refractivity contribution is -0.131. The van der Waals surface area contributed by atoms with Crippen LogP contribution in [0, 0.1) is 11.7 Å². The quantitative estimate of drug-likeness (QED) is 0.869. The van der Waals surface area contributed by atoms with Crippen LogP contribution in [0.1, 0.15) is 45.1 Å². The Morgan fingerprint density at radius 3 is 2.50 bits per heavy atom. The van der Waals surface area contributed by atoms with Gasteiger partial charge in [-0.25, -0.2) is 4.39 Å². The van der Waals surface area contributed by atoms with Crippen molar-refractivity contribution >= 4 is 11.8 Å². The highest BCUT2D eigenvalue weighted by atomic mass is 19.1. The second-order valence-corrected chi connectivity index (χ2v) is 6.48. The van der Waals surface area contributed by atoms with Crippen molar-refractivity contribution in [3.05, 3.63) is 35.6 Å². The predicted molar refractivity (Wildman–Crippen MR) is 91.9 cm³/mol. The van der Waals surface area contributed by atoms with Crippen LogP contribution >= 0.6 is 0 Å². The number of hydrogen-bond donors (Lipinski definition) is 1. The lowest BCUT2D eigenvalue weighted by atomic mass is 9.99. The molecule has 1 N–H and O–H groups in total. The number of benzene rings is 1. The Hall–Kier alpha value is -1.91. The van der Waals surface area contributed by atoms with E-state index < -0.39 is 0 Å². The number of carbonyl (C=O) groups excluding carboxylic acids is 2. The number of carbonyl (C=O) groups is 2. The summed E-state index contributed by atoms with van der Waals surface area (Å²) in [7, 11) is 0. The van der Waals surface area contributed by atoms with Crippen LogP contribution in [0.3, 0.4) is 0 Å². The van der Waals surface area contributed by atoms with E-state index >= 15 is 0 Å². The van der Waals surface area contributed by atoms with E-state index in [-0.39, 0.29) is 36.0 Å². The van der Waals surface area contributed by atoms with Crippen molar-refractivity contribution in [3.8, 4) is 0 Å². The molecule has 0 aliphatic carbocycles. The molecular formula is C19H27FN2O2. The van der Waals surface area contributed by atoms with E-state index in [4.69, 9.17) is 0 Å². The lowest BCUT2D eigenvalue weighted by Crippen LogP contribution is -2.48. The summed E-state index contributed by atoms with van der Waals surface area (Å²) in [6, 6.07) is 6.32. The van der Waals surface area contributed by atoms with Crippen LogP contribution in [-0.2, 0) is 16.0 Å². The lowest BCUT2D eigenvalue weighted by Gasteiger charge is -2.33. The minimum Gasteiger partial charge on any atom is -0.353 e. The zero-order valence-electron chi connectivity index (χ0n) is 14.6. The van der Waals surface area contributed by atoms with Crippen molar-refractivity contribution in [1.82, 2.24) is 10.2 Å². The summed E-state index contributed by atoms with van der Waals surface area (Å²) in [5.74, 6) is -0.0873. The third kappa shape index (κ3) is 5.05. The van der Waals surface area contributed by atoms with Gasteiger partial charge in [-0.1, -0.05) is 26.0 Å². The average molecular weight is 334 g/mol. The SMILES string of the molecule is CCC(CC)C(=O)NC1CCN(C(=O)Cc2cccc(F)c2)CC1. The second kappa shape index (κ2) is 8.81. The van der Waals surface area contributed by atoms with Gasteiger partial charge in [0.1, 0.15) is 5.82 Å². The molecule has 1 aliphatic heterocycles. The van der Waals surface area contributed by atoms with Gasteiger partial charge >= 0.3 is 0 Å². The highest BCUT2D eigenvalue weighted by molar-refractivity contribution is 5.80. The number of nitrogens with zero attached hydrogens (tertiary/aromatic N) is 1. The fourth-order valence-corrected chi connectivity index (χ4v) is 3.19. The summed E-state index contributed by atoms with van der Waals surface area (Å²) in [5.41, 5.74) is 0.698. The van der Waals surface area contributed by atoms with E-state index in [9.17, 15) is 14.0 Å².